The summed E-state index contributed by atoms with van der Waals surface area (Å²) in [7, 11) is 0. The molecule has 0 spiro atoms. The van der Waals surface area contributed by atoms with Crippen molar-refractivity contribution in [1.82, 2.24) is 19.7 Å². The number of hydrogen-bond donors (Lipinski definition) is 0. The van der Waals surface area contributed by atoms with Crippen molar-refractivity contribution < 1.29 is 4.79 Å². The van der Waals surface area contributed by atoms with Gasteiger partial charge in [0.1, 0.15) is 6.33 Å². The molecule has 24 heavy (non-hydrogen) atoms. The van der Waals surface area contributed by atoms with E-state index in [0.717, 1.165) is 18.5 Å². The van der Waals surface area contributed by atoms with Crippen LogP contribution in [0, 0.1) is 0 Å². The van der Waals surface area contributed by atoms with Gasteiger partial charge in [-0.05, 0) is 51.3 Å². The molecule has 0 radical (unpaired) electrons. The standard InChI is InChI=1S/C17H21ClN4OS/c1-12-5-3-6-13(2)22(12)16(23)10-24-17-20-19-11-21(17)15-8-4-7-14(18)9-15/h4,7-9,11-13H,3,5-6,10H2,1-2H3. The number of likely N-dealkylation sites (tertiary alicyclic amines) is 1. The third-order valence-electron chi connectivity index (χ3n) is 4.41. The van der Waals surface area contributed by atoms with Crippen LogP contribution in [0.4, 0.5) is 0 Å². The molecular formula is C17H21ClN4OS. The van der Waals surface area contributed by atoms with Crippen molar-refractivity contribution >= 4 is 29.3 Å². The van der Waals surface area contributed by atoms with Crippen LogP contribution < -0.4 is 0 Å². The predicted molar refractivity (Wildman–Crippen MR) is 96.7 cm³/mol. The van der Waals surface area contributed by atoms with Gasteiger partial charge in [0.05, 0.1) is 11.4 Å². The van der Waals surface area contributed by atoms with E-state index in [1.54, 1.807) is 6.33 Å². The molecule has 1 aliphatic heterocycles. The van der Waals surface area contributed by atoms with Crippen LogP contribution in [0.3, 0.4) is 0 Å². The van der Waals surface area contributed by atoms with Gasteiger partial charge in [0.2, 0.25) is 5.91 Å². The van der Waals surface area contributed by atoms with Crippen LogP contribution in [0.2, 0.25) is 5.02 Å². The summed E-state index contributed by atoms with van der Waals surface area (Å²) < 4.78 is 1.85. The van der Waals surface area contributed by atoms with Crippen LogP contribution in [-0.2, 0) is 4.79 Å². The summed E-state index contributed by atoms with van der Waals surface area (Å²) >= 11 is 7.47. The smallest absolute Gasteiger partial charge is 0.233 e. The second-order valence-electron chi connectivity index (χ2n) is 6.18. The van der Waals surface area contributed by atoms with E-state index >= 15 is 0 Å². The maximum atomic E-state index is 12.6. The van der Waals surface area contributed by atoms with Crippen molar-refractivity contribution in [1.29, 1.82) is 0 Å². The van der Waals surface area contributed by atoms with Gasteiger partial charge >= 0.3 is 0 Å². The lowest BCUT2D eigenvalue weighted by atomic mass is 9.98. The highest BCUT2D eigenvalue weighted by molar-refractivity contribution is 7.99. The Labute approximate surface area is 151 Å². The highest BCUT2D eigenvalue weighted by atomic mass is 35.5. The zero-order valence-corrected chi connectivity index (χ0v) is 15.4. The molecule has 1 amide bonds. The van der Waals surface area contributed by atoms with Gasteiger partial charge in [-0.25, -0.2) is 0 Å². The van der Waals surface area contributed by atoms with Crippen LogP contribution >= 0.6 is 23.4 Å². The first-order valence-electron chi connectivity index (χ1n) is 8.16. The maximum Gasteiger partial charge on any atom is 0.233 e. The average molecular weight is 365 g/mol. The molecule has 0 N–H and O–H groups in total. The summed E-state index contributed by atoms with van der Waals surface area (Å²) in [6, 6.07) is 8.13. The molecule has 1 fully saturated rings. The van der Waals surface area contributed by atoms with Crippen LogP contribution in [0.5, 0.6) is 0 Å². The van der Waals surface area contributed by atoms with E-state index < -0.39 is 0 Å². The van der Waals surface area contributed by atoms with E-state index in [4.69, 9.17) is 11.6 Å². The second-order valence-corrected chi connectivity index (χ2v) is 7.56. The van der Waals surface area contributed by atoms with Gasteiger partial charge < -0.3 is 4.90 Å². The lowest BCUT2D eigenvalue weighted by Crippen LogP contribution is -2.48. The Kier molecular flexibility index (Phi) is 5.46. The van der Waals surface area contributed by atoms with Gasteiger partial charge in [-0.1, -0.05) is 29.4 Å². The molecule has 7 heteroatoms. The van der Waals surface area contributed by atoms with Gasteiger partial charge in [-0.15, -0.1) is 10.2 Å². The molecule has 1 aliphatic rings. The first-order valence-corrected chi connectivity index (χ1v) is 9.52. The summed E-state index contributed by atoms with van der Waals surface area (Å²) in [6.45, 7) is 4.26. The first-order chi connectivity index (χ1) is 11.6. The highest BCUT2D eigenvalue weighted by Crippen LogP contribution is 2.26. The molecule has 2 heterocycles. The zero-order chi connectivity index (χ0) is 17.1. The summed E-state index contributed by atoms with van der Waals surface area (Å²) in [5, 5.41) is 9.47. The maximum absolute atomic E-state index is 12.6. The third kappa shape index (κ3) is 3.75. The van der Waals surface area contributed by atoms with Gasteiger partial charge in [-0.2, -0.15) is 0 Å². The Morgan fingerprint density at radius 2 is 2.08 bits per heavy atom. The van der Waals surface area contributed by atoms with Gasteiger partial charge in [0, 0.05) is 17.1 Å². The van der Waals surface area contributed by atoms with Crippen molar-refractivity contribution in [2.24, 2.45) is 0 Å². The molecule has 5 nitrogen and oxygen atoms in total. The molecule has 0 saturated carbocycles. The largest absolute Gasteiger partial charge is 0.337 e. The number of hydrogen-bond acceptors (Lipinski definition) is 4. The lowest BCUT2D eigenvalue weighted by molar-refractivity contribution is -0.134. The van der Waals surface area contributed by atoms with Crippen molar-refractivity contribution in [3.05, 3.63) is 35.6 Å². The predicted octanol–water partition coefficient (Wildman–Crippen LogP) is 3.80. The second kappa shape index (κ2) is 7.57. The normalized spacial score (nSPS) is 21.0. The molecule has 1 aromatic heterocycles. The minimum absolute atomic E-state index is 0.167. The van der Waals surface area contributed by atoms with Crippen LogP contribution in [0.25, 0.3) is 5.69 Å². The monoisotopic (exact) mass is 364 g/mol. The molecule has 128 valence electrons. The summed E-state index contributed by atoms with van der Waals surface area (Å²) in [5.74, 6) is 0.536. The van der Waals surface area contributed by atoms with E-state index in [0.29, 0.717) is 28.0 Å². The number of nitrogens with zero attached hydrogens (tertiary/aromatic N) is 4. The summed E-state index contributed by atoms with van der Waals surface area (Å²) in [4.78, 5) is 14.7. The summed E-state index contributed by atoms with van der Waals surface area (Å²) in [5.41, 5.74) is 0.891. The first kappa shape index (κ1) is 17.3. The van der Waals surface area contributed by atoms with E-state index in [1.165, 1.54) is 18.2 Å². The van der Waals surface area contributed by atoms with E-state index in [2.05, 4.69) is 24.0 Å². The number of carbonyl (C=O) groups excluding carboxylic acids is 1. The molecule has 2 atom stereocenters. The zero-order valence-electron chi connectivity index (χ0n) is 13.9. The Balaban J connectivity index is 1.69. The molecule has 0 bridgehead atoms. The fourth-order valence-electron chi connectivity index (χ4n) is 3.24. The fraction of sp³-hybridized carbons (Fsp3) is 0.471. The van der Waals surface area contributed by atoms with Gasteiger partial charge in [0.15, 0.2) is 5.16 Å². The minimum atomic E-state index is 0.167. The van der Waals surface area contributed by atoms with Gasteiger partial charge in [0.25, 0.3) is 0 Å². The number of amides is 1. The molecule has 1 aromatic carbocycles. The molecular weight excluding hydrogens is 344 g/mol. The van der Waals surface area contributed by atoms with Crippen molar-refractivity contribution in [3.8, 4) is 5.69 Å². The number of piperidine rings is 1. The highest BCUT2D eigenvalue weighted by Gasteiger charge is 2.28. The van der Waals surface area contributed by atoms with Crippen LogP contribution in [-0.4, -0.2) is 43.4 Å². The molecule has 2 unspecified atom stereocenters. The quantitative estimate of drug-likeness (QED) is 0.774. The molecule has 3 rings (SSSR count). The Hall–Kier alpha value is -1.53. The molecule has 2 aromatic rings. The third-order valence-corrected chi connectivity index (χ3v) is 5.57. The fourth-order valence-corrected chi connectivity index (χ4v) is 4.22. The molecule has 1 saturated heterocycles. The van der Waals surface area contributed by atoms with Crippen LogP contribution in [0.1, 0.15) is 33.1 Å². The number of halogens is 1. The topological polar surface area (TPSA) is 51.0 Å². The average Bonchev–Trinajstić information content (AvgIpc) is 3.01. The Morgan fingerprint density at radius 1 is 1.33 bits per heavy atom. The number of benzene rings is 1. The van der Waals surface area contributed by atoms with E-state index in [-0.39, 0.29) is 5.91 Å². The van der Waals surface area contributed by atoms with Crippen molar-refractivity contribution in [3.63, 3.8) is 0 Å². The van der Waals surface area contributed by atoms with Crippen molar-refractivity contribution in [2.45, 2.75) is 50.4 Å². The van der Waals surface area contributed by atoms with Gasteiger partial charge in [-0.3, -0.25) is 9.36 Å². The van der Waals surface area contributed by atoms with E-state index in [9.17, 15) is 4.79 Å². The Bertz CT molecular complexity index is 710. The minimum Gasteiger partial charge on any atom is -0.337 e. The van der Waals surface area contributed by atoms with E-state index in [1.807, 2.05) is 33.7 Å². The molecule has 0 aliphatic carbocycles. The number of thioether (sulfide) groups is 1. The summed E-state index contributed by atoms with van der Waals surface area (Å²) in [6.07, 6.45) is 5.01. The SMILES string of the molecule is CC1CCCC(C)N1C(=O)CSc1nncn1-c1cccc(Cl)c1. The lowest BCUT2D eigenvalue weighted by Gasteiger charge is -2.39. The number of aromatic nitrogens is 3. The number of rotatable bonds is 4. The van der Waals surface area contributed by atoms with Crippen molar-refractivity contribution in [2.75, 3.05) is 5.75 Å². The Morgan fingerprint density at radius 3 is 2.79 bits per heavy atom. The number of carbonyl (C=O) groups is 1. The van der Waals surface area contributed by atoms with Crippen LogP contribution in [0.15, 0.2) is 35.7 Å².